The Kier molecular flexibility index (Phi) is 5.56. The molecule has 0 radical (unpaired) electrons. The largest absolute Gasteiger partial charge is 0.389 e. The van der Waals surface area contributed by atoms with Gasteiger partial charge in [0.15, 0.2) is 0 Å². The molecule has 32 heavy (non-hydrogen) atoms. The number of aromatic nitrogens is 4. The lowest BCUT2D eigenvalue weighted by Gasteiger charge is -2.39. The Bertz CT molecular complexity index is 1140. The van der Waals surface area contributed by atoms with E-state index in [-0.39, 0.29) is 12.0 Å². The van der Waals surface area contributed by atoms with Gasteiger partial charge in [-0.25, -0.2) is 14.4 Å². The Hall–Kier alpha value is -2.62. The van der Waals surface area contributed by atoms with Crippen molar-refractivity contribution >= 4 is 22.7 Å². The Morgan fingerprint density at radius 3 is 2.75 bits per heavy atom. The Labute approximate surface area is 186 Å². The summed E-state index contributed by atoms with van der Waals surface area (Å²) >= 11 is 0. The minimum absolute atomic E-state index is 0.107. The lowest BCUT2D eigenvalue weighted by molar-refractivity contribution is 0.0352. The third-order valence-electron chi connectivity index (χ3n) is 6.67. The number of piperidine rings is 1. The van der Waals surface area contributed by atoms with Crippen molar-refractivity contribution in [1.29, 1.82) is 0 Å². The zero-order chi connectivity index (χ0) is 22.4. The standard InChI is InChI=1S/C23H29FN6O2/c1-13-6-15-9-25-23(27-22-7-14(2)28-29(22)3)26-19(15)8-17(13)16-4-5-30(10-18(16)24)20-11-32-12-21(20)31/h6-9,16,18,20-21,31H,4-5,10-12H2,1-3H3,(H,25,26,27)/t16?,18?,20?,21-/m1/s1. The number of alkyl halides is 1. The molecule has 4 heterocycles. The van der Waals surface area contributed by atoms with E-state index in [1.165, 1.54) is 0 Å². The second-order valence-corrected chi connectivity index (χ2v) is 8.96. The van der Waals surface area contributed by atoms with E-state index < -0.39 is 12.3 Å². The number of nitrogens with one attached hydrogen (secondary N) is 1. The number of hydrogen-bond acceptors (Lipinski definition) is 7. The maximum absolute atomic E-state index is 15.3. The van der Waals surface area contributed by atoms with Crippen LogP contribution in [-0.2, 0) is 11.8 Å². The number of anilines is 2. The molecule has 5 rings (SSSR count). The van der Waals surface area contributed by atoms with E-state index in [2.05, 4.69) is 20.4 Å². The van der Waals surface area contributed by atoms with Crippen LogP contribution in [0, 0.1) is 13.8 Å². The third kappa shape index (κ3) is 3.96. The van der Waals surface area contributed by atoms with Crippen molar-refractivity contribution in [2.45, 2.75) is 44.5 Å². The number of aliphatic hydroxyl groups excluding tert-OH is 1. The molecule has 2 fully saturated rings. The molecule has 0 spiro atoms. The van der Waals surface area contributed by atoms with Gasteiger partial charge in [-0.2, -0.15) is 5.10 Å². The van der Waals surface area contributed by atoms with Crippen LogP contribution in [0.4, 0.5) is 16.2 Å². The first-order chi connectivity index (χ1) is 15.4. The van der Waals surface area contributed by atoms with Crippen LogP contribution < -0.4 is 5.32 Å². The van der Waals surface area contributed by atoms with Gasteiger partial charge in [-0.3, -0.25) is 9.58 Å². The number of ether oxygens (including phenoxy) is 1. The smallest absolute Gasteiger partial charge is 0.228 e. The van der Waals surface area contributed by atoms with E-state index in [9.17, 15) is 5.11 Å². The van der Waals surface area contributed by atoms with Crippen molar-refractivity contribution in [3.63, 3.8) is 0 Å². The van der Waals surface area contributed by atoms with Gasteiger partial charge < -0.3 is 15.2 Å². The second-order valence-electron chi connectivity index (χ2n) is 8.96. The topological polar surface area (TPSA) is 88.3 Å². The summed E-state index contributed by atoms with van der Waals surface area (Å²) in [5.41, 5.74) is 3.74. The molecule has 8 nitrogen and oxygen atoms in total. The lowest BCUT2D eigenvalue weighted by atomic mass is 9.84. The minimum atomic E-state index is -1.01. The van der Waals surface area contributed by atoms with Crippen molar-refractivity contribution < 1.29 is 14.2 Å². The van der Waals surface area contributed by atoms with Gasteiger partial charge in [-0.15, -0.1) is 0 Å². The first kappa shape index (κ1) is 21.2. The van der Waals surface area contributed by atoms with Crippen LogP contribution >= 0.6 is 0 Å². The zero-order valence-corrected chi connectivity index (χ0v) is 18.6. The monoisotopic (exact) mass is 440 g/mol. The molecule has 2 aliphatic rings. The maximum Gasteiger partial charge on any atom is 0.228 e. The fourth-order valence-electron chi connectivity index (χ4n) is 4.97. The molecule has 0 saturated carbocycles. The summed E-state index contributed by atoms with van der Waals surface area (Å²) in [5, 5.41) is 18.6. The molecule has 0 amide bonds. The van der Waals surface area contributed by atoms with E-state index in [0.717, 1.165) is 40.1 Å². The molecule has 2 N–H and O–H groups in total. The van der Waals surface area contributed by atoms with Crippen LogP contribution in [0.3, 0.4) is 0 Å². The quantitative estimate of drug-likeness (QED) is 0.645. The molecule has 0 aliphatic carbocycles. The van der Waals surface area contributed by atoms with Gasteiger partial charge in [-0.05, 0) is 50.1 Å². The molecular formula is C23H29FN6O2. The number of rotatable bonds is 4. The van der Waals surface area contributed by atoms with Gasteiger partial charge in [0.25, 0.3) is 0 Å². The highest BCUT2D eigenvalue weighted by molar-refractivity contribution is 5.81. The van der Waals surface area contributed by atoms with E-state index >= 15 is 4.39 Å². The molecule has 0 bridgehead atoms. The van der Waals surface area contributed by atoms with Gasteiger partial charge in [0.05, 0.1) is 36.6 Å². The third-order valence-corrected chi connectivity index (χ3v) is 6.67. The summed E-state index contributed by atoms with van der Waals surface area (Å²) in [4.78, 5) is 11.2. The number of hydrogen-bond donors (Lipinski definition) is 2. The fraction of sp³-hybridized carbons (Fsp3) is 0.522. The summed E-state index contributed by atoms with van der Waals surface area (Å²) < 4.78 is 22.4. The molecular weight excluding hydrogens is 411 g/mol. The molecule has 2 aromatic heterocycles. The molecule has 1 aromatic carbocycles. The Balaban J connectivity index is 1.39. The summed E-state index contributed by atoms with van der Waals surface area (Å²) in [7, 11) is 1.86. The number of aryl methyl sites for hydroxylation is 3. The highest BCUT2D eigenvalue weighted by Crippen LogP contribution is 2.35. The molecule has 2 aliphatic heterocycles. The van der Waals surface area contributed by atoms with Crippen molar-refractivity contribution in [1.82, 2.24) is 24.6 Å². The molecule has 3 unspecified atom stereocenters. The summed E-state index contributed by atoms with van der Waals surface area (Å²) in [5.74, 6) is 1.10. The number of fused-ring (bicyclic) bond motifs is 1. The van der Waals surface area contributed by atoms with Gasteiger partial charge in [0, 0.05) is 37.2 Å². The first-order valence-electron chi connectivity index (χ1n) is 11.1. The predicted octanol–water partition coefficient (Wildman–Crippen LogP) is 2.61. The average molecular weight is 441 g/mol. The fourth-order valence-corrected chi connectivity index (χ4v) is 4.97. The molecule has 3 aromatic rings. The molecule has 4 atom stereocenters. The van der Waals surface area contributed by atoms with E-state index in [1.807, 2.05) is 44.0 Å². The van der Waals surface area contributed by atoms with Crippen LogP contribution in [0.15, 0.2) is 24.4 Å². The van der Waals surface area contributed by atoms with Crippen LogP contribution in [0.2, 0.25) is 0 Å². The summed E-state index contributed by atoms with van der Waals surface area (Å²) in [6, 6.07) is 5.87. The SMILES string of the molecule is Cc1cc(Nc2ncc3cc(C)c(C4CCN(C5COC[C@H]5O)CC4F)cc3n2)n(C)n1. The first-order valence-corrected chi connectivity index (χ1v) is 11.1. The van der Waals surface area contributed by atoms with Crippen molar-refractivity contribution in [2.24, 2.45) is 7.05 Å². The Morgan fingerprint density at radius 2 is 2.06 bits per heavy atom. The van der Waals surface area contributed by atoms with Crippen molar-refractivity contribution in [3.8, 4) is 0 Å². The molecule has 2 saturated heterocycles. The van der Waals surface area contributed by atoms with Crippen LogP contribution in [0.5, 0.6) is 0 Å². The van der Waals surface area contributed by atoms with Gasteiger partial charge in [0.2, 0.25) is 5.95 Å². The predicted molar refractivity (Wildman–Crippen MR) is 120 cm³/mol. The van der Waals surface area contributed by atoms with E-state index in [1.54, 1.807) is 10.9 Å². The number of benzene rings is 1. The van der Waals surface area contributed by atoms with E-state index in [4.69, 9.17) is 4.74 Å². The molecule has 170 valence electrons. The number of nitrogens with zero attached hydrogens (tertiary/aromatic N) is 5. The second kappa shape index (κ2) is 8.38. The number of aliphatic hydroxyl groups is 1. The van der Waals surface area contributed by atoms with Gasteiger partial charge in [0.1, 0.15) is 12.0 Å². The van der Waals surface area contributed by atoms with Gasteiger partial charge in [-0.1, -0.05) is 0 Å². The highest BCUT2D eigenvalue weighted by atomic mass is 19.1. The van der Waals surface area contributed by atoms with Crippen molar-refractivity contribution in [2.75, 3.05) is 31.6 Å². The van der Waals surface area contributed by atoms with Crippen LogP contribution in [0.25, 0.3) is 10.9 Å². The average Bonchev–Trinajstić information content (AvgIpc) is 3.32. The van der Waals surface area contributed by atoms with Crippen LogP contribution in [-0.4, -0.2) is 74.4 Å². The lowest BCUT2D eigenvalue weighted by Crippen LogP contribution is -2.50. The minimum Gasteiger partial charge on any atom is -0.389 e. The summed E-state index contributed by atoms with van der Waals surface area (Å²) in [6.45, 7) is 5.80. The van der Waals surface area contributed by atoms with Gasteiger partial charge >= 0.3 is 0 Å². The maximum atomic E-state index is 15.3. The number of likely N-dealkylation sites (tertiary alicyclic amines) is 1. The zero-order valence-electron chi connectivity index (χ0n) is 18.6. The Morgan fingerprint density at radius 1 is 1.22 bits per heavy atom. The normalized spacial score (nSPS) is 26.7. The van der Waals surface area contributed by atoms with Crippen molar-refractivity contribution in [3.05, 3.63) is 41.2 Å². The van der Waals surface area contributed by atoms with E-state index in [0.29, 0.717) is 32.1 Å². The van der Waals surface area contributed by atoms with Crippen LogP contribution in [0.1, 0.15) is 29.2 Å². The number of halogens is 1. The summed E-state index contributed by atoms with van der Waals surface area (Å²) in [6.07, 6.45) is 0.944. The molecule has 9 heteroatoms. The highest BCUT2D eigenvalue weighted by Gasteiger charge is 2.38.